The number of carbonyl (C=O) groups is 2. The highest BCUT2D eigenvalue weighted by atomic mass is 35.5. The van der Waals surface area contributed by atoms with E-state index in [-0.39, 0.29) is 12.5 Å². The maximum atomic E-state index is 13.9. The van der Waals surface area contributed by atoms with Gasteiger partial charge in [0.15, 0.2) is 0 Å². The summed E-state index contributed by atoms with van der Waals surface area (Å²) < 4.78 is 13.9. The minimum absolute atomic E-state index is 0.0624. The van der Waals surface area contributed by atoms with E-state index in [1.807, 2.05) is 0 Å². The van der Waals surface area contributed by atoms with E-state index in [4.69, 9.17) is 23.2 Å². The predicted molar refractivity (Wildman–Crippen MR) is 120 cm³/mol. The lowest BCUT2D eigenvalue weighted by atomic mass is 9.96. The van der Waals surface area contributed by atoms with E-state index in [2.05, 4.69) is 10.6 Å². The average molecular weight is 472 g/mol. The minimum atomic E-state index is -0.863. The van der Waals surface area contributed by atoms with Crippen LogP contribution in [0.3, 0.4) is 0 Å². The molecule has 2 aliphatic rings. The van der Waals surface area contributed by atoms with Crippen molar-refractivity contribution in [3.8, 4) is 0 Å². The number of hydrogen-bond donors (Lipinski definition) is 3. The van der Waals surface area contributed by atoms with Crippen molar-refractivity contribution < 1.29 is 19.1 Å². The first-order valence-corrected chi connectivity index (χ1v) is 10.5. The number of β-amino-alcohol motifs (C(OH)–C–C–N with tert-alkyl or cyclic N) is 1. The number of amides is 3. The van der Waals surface area contributed by atoms with Gasteiger partial charge >= 0.3 is 6.03 Å². The van der Waals surface area contributed by atoms with E-state index in [9.17, 15) is 19.1 Å². The van der Waals surface area contributed by atoms with Crippen LogP contribution in [0.15, 0.2) is 54.6 Å². The van der Waals surface area contributed by atoms with Crippen LogP contribution in [0.2, 0.25) is 10.0 Å². The summed E-state index contributed by atoms with van der Waals surface area (Å²) in [6, 6.07) is 12.6. The summed E-state index contributed by atoms with van der Waals surface area (Å²) in [5.41, 5.74) is 2.74. The fourth-order valence-corrected chi connectivity index (χ4v) is 4.62. The molecule has 3 aromatic rings. The molecule has 3 amide bonds. The summed E-state index contributed by atoms with van der Waals surface area (Å²) in [7, 11) is 0. The number of rotatable bonds is 2. The lowest BCUT2D eigenvalue weighted by molar-refractivity contribution is 0.0960. The molecule has 162 valence electrons. The molecule has 2 aliphatic heterocycles. The first-order valence-electron chi connectivity index (χ1n) is 9.78. The van der Waals surface area contributed by atoms with Crippen LogP contribution in [-0.4, -0.2) is 23.6 Å². The fraction of sp³-hybridized carbons (Fsp3) is 0.130. The number of hydrogen-bond acceptors (Lipinski definition) is 3. The number of aliphatic hydroxyl groups excluding tert-OH is 1. The van der Waals surface area contributed by atoms with Gasteiger partial charge in [0.25, 0.3) is 5.91 Å². The zero-order valence-corrected chi connectivity index (χ0v) is 17.9. The van der Waals surface area contributed by atoms with Gasteiger partial charge < -0.3 is 15.7 Å². The van der Waals surface area contributed by atoms with Crippen molar-refractivity contribution in [3.05, 3.63) is 92.7 Å². The van der Waals surface area contributed by atoms with Gasteiger partial charge in [-0.05, 0) is 48.5 Å². The number of carbonyl (C=O) groups excluding carboxylic acids is 2. The van der Waals surface area contributed by atoms with Crippen molar-refractivity contribution in [1.82, 2.24) is 5.32 Å². The molecule has 0 aromatic heterocycles. The molecule has 3 N–H and O–H groups in total. The number of anilines is 2. The van der Waals surface area contributed by atoms with Gasteiger partial charge in [-0.15, -0.1) is 0 Å². The van der Waals surface area contributed by atoms with E-state index < -0.39 is 24.0 Å². The molecular formula is C23H16Cl2FN3O3. The average Bonchev–Trinajstić information content (AvgIpc) is 3.28. The highest BCUT2D eigenvalue weighted by Crippen LogP contribution is 2.40. The molecular weight excluding hydrogens is 456 g/mol. The second-order valence-electron chi connectivity index (χ2n) is 7.60. The van der Waals surface area contributed by atoms with Gasteiger partial charge in [-0.1, -0.05) is 29.3 Å². The SMILES string of the molecule is O=C1NC(c2cc(F)ccc2Cl)c2c(NC(=O)N3CC(O)c4cc(Cl)ccc43)cccc21. The number of nitrogens with one attached hydrogen (secondary N) is 2. The molecule has 5 rings (SSSR count). The van der Waals surface area contributed by atoms with Crippen molar-refractivity contribution in [2.45, 2.75) is 12.1 Å². The quantitative estimate of drug-likeness (QED) is 0.488. The molecule has 0 aliphatic carbocycles. The summed E-state index contributed by atoms with van der Waals surface area (Å²) in [4.78, 5) is 27.1. The lowest BCUT2D eigenvalue weighted by Crippen LogP contribution is -2.34. The summed E-state index contributed by atoms with van der Waals surface area (Å²) in [5, 5.41) is 16.7. The third-order valence-electron chi connectivity index (χ3n) is 5.67. The molecule has 2 atom stereocenters. The van der Waals surface area contributed by atoms with Crippen LogP contribution in [0.25, 0.3) is 0 Å². The predicted octanol–water partition coefficient (Wildman–Crippen LogP) is 5.05. The normalized spacial score (nSPS) is 18.9. The Hall–Kier alpha value is -3.13. The Morgan fingerprint density at radius 1 is 1.12 bits per heavy atom. The first-order chi connectivity index (χ1) is 15.3. The van der Waals surface area contributed by atoms with E-state index in [0.717, 1.165) is 0 Å². The number of benzene rings is 3. The van der Waals surface area contributed by atoms with Gasteiger partial charge in [-0.25, -0.2) is 9.18 Å². The van der Waals surface area contributed by atoms with Crippen LogP contribution in [-0.2, 0) is 0 Å². The van der Waals surface area contributed by atoms with E-state index in [0.29, 0.717) is 43.7 Å². The molecule has 2 heterocycles. The standard InChI is InChI=1S/C23H16Cl2FN3O3/c24-11-4-7-18-15(8-11)19(30)10-29(18)23(32)27-17-3-1-2-13-20(17)21(28-22(13)31)14-9-12(26)5-6-16(14)25/h1-9,19,21,30H,10H2,(H,27,32)(H,28,31). The Kier molecular flexibility index (Phi) is 5.04. The summed E-state index contributed by atoms with van der Waals surface area (Å²) in [6.45, 7) is 0.0624. The first kappa shape index (κ1) is 20.8. The highest BCUT2D eigenvalue weighted by Gasteiger charge is 2.36. The van der Waals surface area contributed by atoms with Crippen molar-refractivity contribution >= 4 is 46.5 Å². The Balaban J connectivity index is 1.51. The summed E-state index contributed by atoms with van der Waals surface area (Å²) in [6.07, 6.45) is -0.863. The van der Waals surface area contributed by atoms with Gasteiger partial charge in [0.1, 0.15) is 5.82 Å². The molecule has 9 heteroatoms. The molecule has 32 heavy (non-hydrogen) atoms. The zero-order chi connectivity index (χ0) is 22.6. The zero-order valence-electron chi connectivity index (χ0n) is 16.4. The van der Waals surface area contributed by atoms with Gasteiger partial charge in [0.2, 0.25) is 0 Å². The Bertz CT molecular complexity index is 1280. The van der Waals surface area contributed by atoms with Crippen LogP contribution in [0, 0.1) is 5.82 Å². The van der Waals surface area contributed by atoms with Gasteiger partial charge in [-0.3, -0.25) is 9.69 Å². The van der Waals surface area contributed by atoms with Gasteiger partial charge in [-0.2, -0.15) is 0 Å². The van der Waals surface area contributed by atoms with Gasteiger partial charge in [0, 0.05) is 38.0 Å². The molecule has 6 nitrogen and oxygen atoms in total. The molecule has 2 unspecified atom stereocenters. The van der Waals surface area contributed by atoms with Crippen molar-refractivity contribution in [3.63, 3.8) is 0 Å². The Morgan fingerprint density at radius 2 is 1.94 bits per heavy atom. The number of urea groups is 1. The Labute approximate surface area is 192 Å². The van der Waals surface area contributed by atoms with Crippen LogP contribution in [0.5, 0.6) is 0 Å². The second kappa shape index (κ2) is 7.78. The molecule has 0 radical (unpaired) electrons. The smallest absolute Gasteiger partial charge is 0.326 e. The maximum Gasteiger partial charge on any atom is 0.326 e. The minimum Gasteiger partial charge on any atom is -0.386 e. The van der Waals surface area contributed by atoms with Crippen LogP contribution in [0.4, 0.5) is 20.6 Å². The molecule has 0 bridgehead atoms. The lowest BCUT2D eigenvalue weighted by Gasteiger charge is -2.21. The van der Waals surface area contributed by atoms with E-state index in [1.54, 1.807) is 36.4 Å². The van der Waals surface area contributed by atoms with Gasteiger partial charge in [0.05, 0.1) is 24.4 Å². The van der Waals surface area contributed by atoms with E-state index in [1.165, 1.54) is 23.1 Å². The third-order valence-corrected chi connectivity index (χ3v) is 6.24. The highest BCUT2D eigenvalue weighted by molar-refractivity contribution is 6.31. The molecule has 3 aromatic carbocycles. The van der Waals surface area contributed by atoms with Crippen LogP contribution in [0.1, 0.15) is 39.2 Å². The number of halogens is 3. The summed E-state index contributed by atoms with van der Waals surface area (Å²) >= 11 is 12.3. The number of aliphatic hydroxyl groups is 1. The topological polar surface area (TPSA) is 81.7 Å². The fourth-order valence-electron chi connectivity index (χ4n) is 4.22. The molecule has 0 fully saturated rings. The Morgan fingerprint density at radius 3 is 2.75 bits per heavy atom. The summed E-state index contributed by atoms with van der Waals surface area (Å²) in [5.74, 6) is -0.840. The third kappa shape index (κ3) is 3.39. The monoisotopic (exact) mass is 471 g/mol. The van der Waals surface area contributed by atoms with E-state index >= 15 is 0 Å². The number of fused-ring (bicyclic) bond motifs is 2. The molecule has 0 spiro atoms. The number of nitrogens with zero attached hydrogens (tertiary/aromatic N) is 1. The van der Waals surface area contributed by atoms with Crippen LogP contribution < -0.4 is 15.5 Å². The van der Waals surface area contributed by atoms with Crippen molar-refractivity contribution in [2.75, 3.05) is 16.8 Å². The second-order valence-corrected chi connectivity index (χ2v) is 8.44. The van der Waals surface area contributed by atoms with Crippen molar-refractivity contribution in [1.29, 1.82) is 0 Å². The molecule has 0 saturated carbocycles. The van der Waals surface area contributed by atoms with Crippen molar-refractivity contribution in [2.24, 2.45) is 0 Å². The largest absolute Gasteiger partial charge is 0.386 e. The van der Waals surface area contributed by atoms with Crippen LogP contribution >= 0.6 is 23.2 Å². The maximum absolute atomic E-state index is 13.9. The molecule has 0 saturated heterocycles.